The molecule has 0 spiro atoms. The Bertz CT molecular complexity index is 716. The number of carbonyl (C=O) groups is 2. The quantitative estimate of drug-likeness (QED) is 0.792. The van der Waals surface area contributed by atoms with Gasteiger partial charge in [-0.15, -0.1) is 0 Å². The van der Waals surface area contributed by atoms with Crippen molar-refractivity contribution in [2.45, 2.75) is 26.3 Å². The lowest BCUT2D eigenvalue weighted by atomic mass is 10.2. The first-order valence-corrected chi connectivity index (χ1v) is 7.61. The number of methoxy groups -OCH3 is 1. The number of rotatable bonds is 6. The number of hydrogen-bond acceptors (Lipinski definition) is 6. The van der Waals surface area contributed by atoms with E-state index in [0.717, 1.165) is 6.42 Å². The van der Waals surface area contributed by atoms with Gasteiger partial charge in [-0.3, -0.25) is 4.79 Å². The van der Waals surface area contributed by atoms with Crippen LogP contribution in [0, 0.1) is 0 Å². The van der Waals surface area contributed by atoms with Gasteiger partial charge in [0.15, 0.2) is 0 Å². The molecule has 1 amide bonds. The summed E-state index contributed by atoms with van der Waals surface area (Å²) in [4.78, 5) is 31.8. The summed E-state index contributed by atoms with van der Waals surface area (Å²) in [5, 5.41) is 5.92. The van der Waals surface area contributed by atoms with Gasteiger partial charge in [0.1, 0.15) is 17.8 Å². The van der Waals surface area contributed by atoms with Gasteiger partial charge < -0.3 is 15.4 Å². The van der Waals surface area contributed by atoms with Crippen LogP contribution in [0.1, 0.15) is 41.1 Å². The van der Waals surface area contributed by atoms with E-state index < -0.39 is 5.97 Å². The number of hydrogen-bond donors (Lipinski definition) is 2. The first-order valence-electron chi connectivity index (χ1n) is 7.61. The summed E-state index contributed by atoms with van der Waals surface area (Å²) < 4.78 is 4.63. The molecule has 7 nitrogen and oxygen atoms in total. The lowest BCUT2D eigenvalue weighted by Gasteiger charge is -2.12. The van der Waals surface area contributed by atoms with Gasteiger partial charge in [0, 0.05) is 17.8 Å². The molecule has 0 aliphatic rings. The zero-order valence-corrected chi connectivity index (χ0v) is 13.9. The molecule has 1 aromatic carbocycles. The fourth-order valence-electron chi connectivity index (χ4n) is 1.92. The van der Waals surface area contributed by atoms with Crippen molar-refractivity contribution in [1.29, 1.82) is 0 Å². The largest absolute Gasteiger partial charge is 0.465 e. The van der Waals surface area contributed by atoms with E-state index in [9.17, 15) is 9.59 Å². The van der Waals surface area contributed by atoms with E-state index >= 15 is 0 Å². The number of anilines is 2. The van der Waals surface area contributed by atoms with Gasteiger partial charge in [-0.1, -0.05) is 6.92 Å². The van der Waals surface area contributed by atoms with E-state index in [-0.39, 0.29) is 17.6 Å². The van der Waals surface area contributed by atoms with Gasteiger partial charge in [0.05, 0.1) is 12.7 Å². The molecule has 24 heavy (non-hydrogen) atoms. The van der Waals surface area contributed by atoms with Crippen molar-refractivity contribution in [2.75, 3.05) is 17.7 Å². The van der Waals surface area contributed by atoms with E-state index in [4.69, 9.17) is 0 Å². The molecule has 0 aliphatic heterocycles. The van der Waals surface area contributed by atoms with Gasteiger partial charge >= 0.3 is 5.97 Å². The van der Waals surface area contributed by atoms with Crippen molar-refractivity contribution in [3.63, 3.8) is 0 Å². The highest BCUT2D eigenvalue weighted by molar-refractivity contribution is 6.03. The van der Waals surface area contributed by atoms with Crippen molar-refractivity contribution in [3.05, 3.63) is 47.9 Å². The van der Waals surface area contributed by atoms with Crippen molar-refractivity contribution in [1.82, 2.24) is 9.97 Å². The van der Waals surface area contributed by atoms with Crippen LogP contribution in [0.15, 0.2) is 36.7 Å². The molecule has 126 valence electrons. The highest BCUT2D eigenvalue weighted by Crippen LogP contribution is 2.13. The molecule has 2 N–H and O–H groups in total. The Morgan fingerprint density at radius 2 is 1.92 bits per heavy atom. The van der Waals surface area contributed by atoms with E-state index in [1.165, 1.54) is 13.4 Å². The van der Waals surface area contributed by atoms with Crippen LogP contribution in [0.5, 0.6) is 0 Å². The van der Waals surface area contributed by atoms with Gasteiger partial charge in [-0.05, 0) is 37.6 Å². The highest BCUT2D eigenvalue weighted by Gasteiger charge is 2.11. The molecule has 2 aromatic rings. The van der Waals surface area contributed by atoms with E-state index in [0.29, 0.717) is 17.1 Å². The van der Waals surface area contributed by atoms with Crippen LogP contribution >= 0.6 is 0 Å². The van der Waals surface area contributed by atoms with Crippen molar-refractivity contribution in [2.24, 2.45) is 0 Å². The van der Waals surface area contributed by atoms with Crippen molar-refractivity contribution < 1.29 is 14.3 Å². The highest BCUT2D eigenvalue weighted by atomic mass is 16.5. The molecule has 1 heterocycles. The lowest BCUT2D eigenvalue weighted by molar-refractivity contribution is 0.0600. The third kappa shape index (κ3) is 4.52. The number of aromatic nitrogens is 2. The predicted octanol–water partition coefficient (Wildman–Crippen LogP) is 2.73. The second kappa shape index (κ2) is 8.05. The normalized spacial score (nSPS) is 11.5. The van der Waals surface area contributed by atoms with E-state index in [1.54, 1.807) is 30.3 Å². The maximum Gasteiger partial charge on any atom is 0.337 e. The summed E-state index contributed by atoms with van der Waals surface area (Å²) in [5.74, 6) is -0.176. The monoisotopic (exact) mass is 328 g/mol. The smallest absolute Gasteiger partial charge is 0.337 e. The van der Waals surface area contributed by atoms with Crippen LogP contribution in [-0.2, 0) is 4.74 Å². The average molecular weight is 328 g/mol. The number of nitrogens with zero attached hydrogens (tertiary/aromatic N) is 2. The van der Waals surface area contributed by atoms with Gasteiger partial charge in [0.25, 0.3) is 5.91 Å². The van der Waals surface area contributed by atoms with Crippen LogP contribution in [0.4, 0.5) is 11.5 Å². The summed E-state index contributed by atoms with van der Waals surface area (Å²) in [6.45, 7) is 4.09. The molecule has 1 unspecified atom stereocenters. The first kappa shape index (κ1) is 17.4. The number of nitrogens with one attached hydrogen (secondary N) is 2. The second-order valence-corrected chi connectivity index (χ2v) is 5.27. The summed E-state index contributed by atoms with van der Waals surface area (Å²) in [6, 6.07) is 8.27. The maximum atomic E-state index is 12.3. The Morgan fingerprint density at radius 1 is 1.21 bits per heavy atom. The fraction of sp³-hybridized carbons (Fsp3) is 0.294. The summed E-state index contributed by atoms with van der Waals surface area (Å²) in [5.41, 5.74) is 1.23. The van der Waals surface area contributed by atoms with Gasteiger partial charge in [-0.25, -0.2) is 14.8 Å². The SMILES string of the molecule is CCC(C)Nc1cc(C(=O)Nc2ccc(C(=O)OC)cc2)ncn1. The van der Waals surface area contributed by atoms with Crippen molar-refractivity contribution >= 4 is 23.4 Å². The minimum absolute atomic E-state index is 0.252. The average Bonchev–Trinajstić information content (AvgIpc) is 2.61. The number of ether oxygens (including phenoxy) is 1. The van der Waals surface area contributed by atoms with Gasteiger partial charge in [0.2, 0.25) is 0 Å². The summed E-state index contributed by atoms with van der Waals surface area (Å²) in [7, 11) is 1.32. The molecular weight excluding hydrogens is 308 g/mol. The molecule has 1 aromatic heterocycles. The molecule has 7 heteroatoms. The maximum absolute atomic E-state index is 12.3. The number of esters is 1. The number of amides is 1. The number of carbonyl (C=O) groups excluding carboxylic acids is 2. The van der Waals surface area contributed by atoms with Crippen LogP contribution in [0.3, 0.4) is 0 Å². The molecule has 0 aliphatic carbocycles. The van der Waals surface area contributed by atoms with Crippen LogP contribution in [0.2, 0.25) is 0 Å². The van der Waals surface area contributed by atoms with Crippen LogP contribution in [0.25, 0.3) is 0 Å². The Labute approximate surface area is 140 Å². The lowest BCUT2D eigenvalue weighted by Crippen LogP contribution is -2.17. The molecule has 0 radical (unpaired) electrons. The van der Waals surface area contributed by atoms with Gasteiger partial charge in [-0.2, -0.15) is 0 Å². The molecule has 0 fully saturated rings. The molecule has 0 saturated carbocycles. The van der Waals surface area contributed by atoms with E-state index in [2.05, 4.69) is 32.3 Å². The first-order chi connectivity index (χ1) is 11.5. The second-order valence-electron chi connectivity index (χ2n) is 5.27. The Balaban J connectivity index is 2.06. The van der Waals surface area contributed by atoms with Crippen LogP contribution in [-0.4, -0.2) is 35.0 Å². The minimum atomic E-state index is -0.426. The Kier molecular flexibility index (Phi) is 5.83. The molecule has 0 saturated heterocycles. The molecule has 2 rings (SSSR count). The minimum Gasteiger partial charge on any atom is -0.465 e. The molecule has 0 bridgehead atoms. The zero-order valence-electron chi connectivity index (χ0n) is 13.9. The zero-order chi connectivity index (χ0) is 17.5. The topological polar surface area (TPSA) is 93.2 Å². The van der Waals surface area contributed by atoms with Crippen molar-refractivity contribution in [3.8, 4) is 0 Å². The standard InChI is InChI=1S/C17H20N4O3/c1-4-11(2)20-15-9-14(18-10-19-15)16(22)21-13-7-5-12(6-8-13)17(23)24-3/h5-11H,4H2,1-3H3,(H,21,22)(H,18,19,20). The summed E-state index contributed by atoms with van der Waals surface area (Å²) >= 11 is 0. The molecular formula is C17H20N4O3. The predicted molar refractivity (Wildman–Crippen MR) is 91.1 cm³/mol. The Morgan fingerprint density at radius 3 is 2.54 bits per heavy atom. The fourth-order valence-corrected chi connectivity index (χ4v) is 1.92. The summed E-state index contributed by atoms with van der Waals surface area (Å²) in [6.07, 6.45) is 2.29. The number of benzene rings is 1. The van der Waals surface area contributed by atoms with Crippen LogP contribution < -0.4 is 10.6 Å². The molecule has 1 atom stereocenters. The third-order valence-electron chi connectivity index (χ3n) is 3.47. The Hall–Kier alpha value is -2.96. The van der Waals surface area contributed by atoms with E-state index in [1.807, 2.05) is 6.92 Å². The third-order valence-corrected chi connectivity index (χ3v) is 3.47.